The van der Waals surface area contributed by atoms with E-state index in [-0.39, 0.29) is 0 Å². The van der Waals surface area contributed by atoms with E-state index >= 15 is 0 Å². The van der Waals surface area contributed by atoms with Gasteiger partial charge in [-0.05, 0) is 23.8 Å². The Hall–Kier alpha value is -2.86. The normalized spacial score (nSPS) is 16.0. The predicted molar refractivity (Wildman–Crippen MR) is 105 cm³/mol. The van der Waals surface area contributed by atoms with Gasteiger partial charge in [-0.25, -0.2) is 9.67 Å². The van der Waals surface area contributed by atoms with Crippen molar-refractivity contribution in [2.24, 2.45) is 5.92 Å². The minimum absolute atomic E-state index is 0.541. The molecule has 0 saturated carbocycles. The van der Waals surface area contributed by atoms with Crippen molar-refractivity contribution in [2.75, 3.05) is 30.4 Å². The molecular formula is C20H24N6. The average Bonchev–Trinajstić information content (AvgIpc) is 3.16. The van der Waals surface area contributed by atoms with Crippen molar-refractivity contribution in [3.63, 3.8) is 0 Å². The lowest BCUT2D eigenvalue weighted by atomic mass is 10.1. The number of pyridine rings is 1. The Morgan fingerprint density at radius 1 is 1.19 bits per heavy atom. The first-order valence-electron chi connectivity index (χ1n) is 9.00. The van der Waals surface area contributed by atoms with Gasteiger partial charge < -0.3 is 15.5 Å². The van der Waals surface area contributed by atoms with E-state index in [0.29, 0.717) is 5.92 Å². The van der Waals surface area contributed by atoms with Gasteiger partial charge in [0.25, 0.3) is 0 Å². The zero-order valence-electron chi connectivity index (χ0n) is 15.0. The van der Waals surface area contributed by atoms with Crippen molar-refractivity contribution in [2.45, 2.75) is 13.1 Å². The lowest BCUT2D eigenvalue weighted by molar-refractivity contribution is 0.391. The van der Waals surface area contributed by atoms with Crippen molar-refractivity contribution < 1.29 is 0 Å². The smallest absolute Gasteiger partial charge is 0.132 e. The van der Waals surface area contributed by atoms with Gasteiger partial charge in [-0.1, -0.05) is 24.3 Å². The molecule has 2 aromatic heterocycles. The summed E-state index contributed by atoms with van der Waals surface area (Å²) in [5.74, 6) is 2.60. The number of hydrogen-bond acceptors (Lipinski definition) is 5. The first kappa shape index (κ1) is 16.6. The SMILES string of the molecule is CN(c1ccccc1)c1ccc(CNC[C@H]2CNc3ccnn3C2)cn1. The van der Waals surface area contributed by atoms with Gasteiger partial charge in [0.2, 0.25) is 0 Å². The van der Waals surface area contributed by atoms with Crippen LogP contribution in [-0.4, -0.2) is 34.9 Å². The van der Waals surface area contributed by atoms with Gasteiger partial charge in [-0.2, -0.15) is 5.10 Å². The lowest BCUT2D eigenvalue weighted by Crippen LogP contribution is -2.35. The molecule has 3 aromatic rings. The molecule has 1 atom stereocenters. The maximum atomic E-state index is 4.60. The molecular weight excluding hydrogens is 324 g/mol. The fourth-order valence-electron chi connectivity index (χ4n) is 3.25. The van der Waals surface area contributed by atoms with Crippen molar-refractivity contribution in [3.8, 4) is 0 Å². The summed E-state index contributed by atoms with van der Waals surface area (Å²) in [7, 11) is 2.04. The van der Waals surface area contributed by atoms with Crippen molar-refractivity contribution >= 4 is 17.3 Å². The van der Waals surface area contributed by atoms with Crippen LogP contribution in [0, 0.1) is 5.92 Å². The molecule has 0 spiro atoms. The number of rotatable bonds is 6. The number of para-hydroxylation sites is 1. The molecule has 0 fully saturated rings. The van der Waals surface area contributed by atoms with Crippen LogP contribution in [-0.2, 0) is 13.1 Å². The Balaban J connectivity index is 1.28. The minimum Gasteiger partial charge on any atom is -0.370 e. The van der Waals surface area contributed by atoms with E-state index < -0.39 is 0 Å². The Morgan fingerprint density at radius 3 is 2.88 bits per heavy atom. The van der Waals surface area contributed by atoms with Crippen LogP contribution < -0.4 is 15.5 Å². The summed E-state index contributed by atoms with van der Waals surface area (Å²) in [6, 6.07) is 16.5. The van der Waals surface area contributed by atoms with E-state index in [1.807, 2.05) is 48.4 Å². The second-order valence-electron chi connectivity index (χ2n) is 6.70. The molecule has 1 aliphatic rings. The number of hydrogen-bond donors (Lipinski definition) is 2. The molecule has 0 radical (unpaired) electrons. The maximum Gasteiger partial charge on any atom is 0.132 e. The Labute approximate surface area is 153 Å². The zero-order valence-corrected chi connectivity index (χ0v) is 15.0. The van der Waals surface area contributed by atoms with E-state index in [1.54, 1.807) is 0 Å². The molecule has 1 aliphatic heterocycles. The monoisotopic (exact) mass is 348 g/mol. The largest absolute Gasteiger partial charge is 0.370 e. The fourth-order valence-corrected chi connectivity index (χ4v) is 3.25. The van der Waals surface area contributed by atoms with E-state index in [4.69, 9.17) is 0 Å². The molecule has 1 aromatic carbocycles. The number of nitrogens with zero attached hydrogens (tertiary/aromatic N) is 4. The van der Waals surface area contributed by atoms with Crippen LogP contribution in [0.4, 0.5) is 17.3 Å². The first-order valence-corrected chi connectivity index (χ1v) is 9.00. The average molecular weight is 348 g/mol. The molecule has 6 nitrogen and oxygen atoms in total. The zero-order chi connectivity index (χ0) is 17.8. The van der Waals surface area contributed by atoms with Gasteiger partial charge >= 0.3 is 0 Å². The Bertz CT molecular complexity index is 827. The molecule has 3 heterocycles. The van der Waals surface area contributed by atoms with Gasteiger partial charge in [0.15, 0.2) is 0 Å². The summed E-state index contributed by atoms with van der Waals surface area (Å²) in [6.45, 7) is 3.72. The molecule has 0 amide bonds. The third-order valence-corrected chi connectivity index (χ3v) is 4.78. The van der Waals surface area contributed by atoms with Crippen molar-refractivity contribution in [1.29, 1.82) is 0 Å². The highest BCUT2D eigenvalue weighted by molar-refractivity contribution is 5.58. The van der Waals surface area contributed by atoms with E-state index in [9.17, 15) is 0 Å². The number of nitrogens with one attached hydrogen (secondary N) is 2. The highest BCUT2D eigenvalue weighted by atomic mass is 15.3. The summed E-state index contributed by atoms with van der Waals surface area (Å²) in [6.07, 6.45) is 3.80. The molecule has 6 heteroatoms. The highest BCUT2D eigenvalue weighted by Crippen LogP contribution is 2.21. The van der Waals surface area contributed by atoms with E-state index in [2.05, 4.69) is 49.9 Å². The quantitative estimate of drug-likeness (QED) is 0.717. The second kappa shape index (κ2) is 7.58. The Kier molecular flexibility index (Phi) is 4.84. The predicted octanol–water partition coefficient (Wildman–Crippen LogP) is 2.88. The summed E-state index contributed by atoms with van der Waals surface area (Å²) < 4.78 is 2.03. The third kappa shape index (κ3) is 3.70. The Morgan fingerprint density at radius 2 is 2.08 bits per heavy atom. The third-order valence-electron chi connectivity index (χ3n) is 4.78. The minimum atomic E-state index is 0.541. The molecule has 0 aliphatic carbocycles. The maximum absolute atomic E-state index is 4.60. The van der Waals surface area contributed by atoms with Crippen molar-refractivity contribution in [1.82, 2.24) is 20.1 Å². The number of fused-ring (bicyclic) bond motifs is 1. The van der Waals surface area contributed by atoms with E-state index in [1.165, 1.54) is 5.56 Å². The standard InChI is InChI=1S/C20H24N6/c1-25(18-5-3-2-4-6-18)19-8-7-16(13-22-19)11-21-12-17-14-23-20-9-10-24-26(20)15-17/h2-10,13,17,21,23H,11-12,14-15H2,1H3/t17-/m0/s1. The highest BCUT2D eigenvalue weighted by Gasteiger charge is 2.17. The van der Waals surface area contributed by atoms with Gasteiger partial charge in [0.1, 0.15) is 11.6 Å². The summed E-state index contributed by atoms with van der Waals surface area (Å²) in [5.41, 5.74) is 2.33. The van der Waals surface area contributed by atoms with Crippen molar-refractivity contribution in [3.05, 3.63) is 66.5 Å². The number of anilines is 3. The van der Waals surface area contributed by atoms with Gasteiger partial charge in [-0.15, -0.1) is 0 Å². The van der Waals surface area contributed by atoms with Crippen LogP contribution in [0.15, 0.2) is 60.9 Å². The van der Waals surface area contributed by atoms with Crippen LogP contribution in [0.3, 0.4) is 0 Å². The molecule has 0 unspecified atom stereocenters. The molecule has 0 bridgehead atoms. The molecule has 134 valence electrons. The lowest BCUT2D eigenvalue weighted by Gasteiger charge is -2.25. The summed E-state index contributed by atoms with van der Waals surface area (Å²) in [4.78, 5) is 6.69. The van der Waals surface area contributed by atoms with Crippen LogP contribution >= 0.6 is 0 Å². The molecule has 26 heavy (non-hydrogen) atoms. The fraction of sp³-hybridized carbons (Fsp3) is 0.300. The van der Waals surface area contributed by atoms with Gasteiger partial charge in [0.05, 0.1) is 6.20 Å². The molecule has 4 rings (SSSR count). The van der Waals surface area contributed by atoms with Gasteiger partial charge in [0, 0.05) is 57.1 Å². The van der Waals surface area contributed by atoms with Gasteiger partial charge in [-0.3, -0.25) is 0 Å². The van der Waals surface area contributed by atoms with Crippen LogP contribution in [0.2, 0.25) is 0 Å². The second-order valence-corrected chi connectivity index (χ2v) is 6.70. The van der Waals surface area contributed by atoms with Crippen LogP contribution in [0.1, 0.15) is 5.56 Å². The number of aromatic nitrogens is 3. The van der Waals surface area contributed by atoms with Crippen LogP contribution in [0.25, 0.3) is 0 Å². The van der Waals surface area contributed by atoms with Crippen LogP contribution in [0.5, 0.6) is 0 Å². The first-order chi connectivity index (χ1) is 12.8. The molecule has 2 N–H and O–H groups in total. The topological polar surface area (TPSA) is 58.0 Å². The summed E-state index contributed by atoms with van der Waals surface area (Å²) in [5, 5.41) is 11.3. The molecule has 0 saturated heterocycles. The number of benzene rings is 1. The summed E-state index contributed by atoms with van der Waals surface area (Å²) >= 11 is 0. The van der Waals surface area contributed by atoms with E-state index in [0.717, 1.165) is 43.5 Å².